The summed E-state index contributed by atoms with van der Waals surface area (Å²) in [7, 11) is 0. The van der Waals surface area contributed by atoms with Gasteiger partial charge in [-0.3, -0.25) is 10.1 Å². The number of rotatable bonds is 2. The van der Waals surface area contributed by atoms with Gasteiger partial charge in [0.05, 0.1) is 15.3 Å². The lowest BCUT2D eigenvalue weighted by Crippen LogP contribution is -1.91. The standard InChI is InChI=1S/C14H9ClN2O3/c15-11-4-2-1-3-9(11)14-7-10-12(17(18)19)5-8(16)6-13(10)20-14/h1-7H,16H2. The van der Waals surface area contributed by atoms with E-state index in [1.165, 1.54) is 6.07 Å². The minimum Gasteiger partial charge on any atom is -0.456 e. The number of halogens is 1. The zero-order valence-electron chi connectivity index (χ0n) is 10.2. The highest BCUT2D eigenvalue weighted by Gasteiger charge is 2.18. The van der Waals surface area contributed by atoms with Gasteiger partial charge in [-0.05, 0) is 18.2 Å². The van der Waals surface area contributed by atoms with Gasteiger partial charge in [0.2, 0.25) is 0 Å². The Kier molecular flexibility index (Phi) is 2.84. The molecule has 0 saturated carbocycles. The van der Waals surface area contributed by atoms with Gasteiger partial charge in [0, 0.05) is 23.4 Å². The van der Waals surface area contributed by atoms with Crippen molar-refractivity contribution in [2.45, 2.75) is 0 Å². The molecule has 0 spiro atoms. The third kappa shape index (κ3) is 1.98. The van der Waals surface area contributed by atoms with Gasteiger partial charge in [0.25, 0.3) is 5.69 Å². The number of non-ortho nitro benzene ring substituents is 1. The molecule has 0 aliphatic carbocycles. The molecule has 0 fully saturated rings. The maximum atomic E-state index is 11.1. The Balaban J connectivity index is 2.28. The molecule has 6 heteroatoms. The molecule has 3 aromatic rings. The summed E-state index contributed by atoms with van der Waals surface area (Å²) < 4.78 is 5.64. The van der Waals surface area contributed by atoms with E-state index in [1.807, 2.05) is 6.07 Å². The molecular weight excluding hydrogens is 280 g/mol. The second-order valence-electron chi connectivity index (χ2n) is 4.30. The average Bonchev–Trinajstić information content (AvgIpc) is 2.81. The molecular formula is C14H9ClN2O3. The summed E-state index contributed by atoms with van der Waals surface area (Å²) in [5, 5.41) is 12.0. The van der Waals surface area contributed by atoms with Crippen LogP contribution < -0.4 is 5.73 Å². The molecule has 0 radical (unpaired) electrons. The molecule has 0 saturated heterocycles. The zero-order valence-corrected chi connectivity index (χ0v) is 10.9. The lowest BCUT2D eigenvalue weighted by Gasteiger charge is -1.98. The highest BCUT2D eigenvalue weighted by Crippen LogP contribution is 2.37. The number of hydrogen-bond donors (Lipinski definition) is 1. The predicted octanol–water partition coefficient (Wildman–Crippen LogP) is 4.24. The molecule has 0 amide bonds. The van der Waals surface area contributed by atoms with E-state index < -0.39 is 4.92 Å². The molecule has 100 valence electrons. The Morgan fingerprint density at radius 2 is 1.95 bits per heavy atom. The maximum absolute atomic E-state index is 11.1. The largest absolute Gasteiger partial charge is 0.456 e. The SMILES string of the molecule is Nc1cc([N+](=O)[O-])c2cc(-c3ccccc3Cl)oc2c1. The van der Waals surface area contributed by atoms with E-state index in [4.69, 9.17) is 21.8 Å². The molecule has 0 unspecified atom stereocenters. The number of anilines is 1. The number of furan rings is 1. The summed E-state index contributed by atoms with van der Waals surface area (Å²) in [6, 6.07) is 11.6. The van der Waals surface area contributed by atoms with E-state index in [2.05, 4.69) is 0 Å². The number of nitrogens with two attached hydrogens (primary N) is 1. The first-order valence-corrected chi connectivity index (χ1v) is 6.16. The van der Waals surface area contributed by atoms with Crippen LogP contribution in [-0.4, -0.2) is 4.92 Å². The number of nitro benzene ring substituents is 1. The lowest BCUT2D eigenvalue weighted by molar-refractivity contribution is -0.383. The second kappa shape index (κ2) is 4.54. The highest BCUT2D eigenvalue weighted by atomic mass is 35.5. The molecule has 1 heterocycles. The van der Waals surface area contributed by atoms with E-state index in [0.29, 0.717) is 27.3 Å². The first-order valence-electron chi connectivity index (χ1n) is 5.78. The van der Waals surface area contributed by atoms with Gasteiger partial charge in [0.15, 0.2) is 0 Å². The van der Waals surface area contributed by atoms with E-state index in [0.717, 1.165) is 0 Å². The highest BCUT2D eigenvalue weighted by molar-refractivity contribution is 6.33. The molecule has 5 nitrogen and oxygen atoms in total. The topological polar surface area (TPSA) is 82.3 Å². The van der Waals surface area contributed by atoms with Crippen LogP contribution in [-0.2, 0) is 0 Å². The van der Waals surface area contributed by atoms with Crippen LogP contribution in [0.15, 0.2) is 46.9 Å². The fourth-order valence-electron chi connectivity index (χ4n) is 2.09. The number of nitrogen functional groups attached to an aromatic ring is 1. The van der Waals surface area contributed by atoms with Crippen LogP contribution >= 0.6 is 11.6 Å². The number of hydrogen-bond acceptors (Lipinski definition) is 4. The number of nitrogens with zero attached hydrogens (tertiary/aromatic N) is 1. The van der Waals surface area contributed by atoms with Crippen LogP contribution in [0.1, 0.15) is 0 Å². The number of benzene rings is 2. The molecule has 2 N–H and O–H groups in total. The van der Waals surface area contributed by atoms with Gasteiger partial charge < -0.3 is 10.2 Å². The molecule has 20 heavy (non-hydrogen) atoms. The van der Waals surface area contributed by atoms with E-state index in [-0.39, 0.29) is 11.4 Å². The Morgan fingerprint density at radius 1 is 1.20 bits per heavy atom. The second-order valence-corrected chi connectivity index (χ2v) is 4.71. The molecule has 0 aliphatic heterocycles. The lowest BCUT2D eigenvalue weighted by atomic mass is 10.1. The fourth-order valence-corrected chi connectivity index (χ4v) is 2.31. The molecule has 2 aromatic carbocycles. The van der Waals surface area contributed by atoms with Gasteiger partial charge in [-0.2, -0.15) is 0 Å². The van der Waals surface area contributed by atoms with Crippen LogP contribution in [0.3, 0.4) is 0 Å². The van der Waals surface area contributed by atoms with Gasteiger partial charge >= 0.3 is 0 Å². The summed E-state index contributed by atoms with van der Waals surface area (Å²) in [6.45, 7) is 0. The van der Waals surface area contributed by atoms with Crippen LogP contribution in [0, 0.1) is 10.1 Å². The molecule has 1 aromatic heterocycles. The van der Waals surface area contributed by atoms with Crippen molar-refractivity contribution >= 4 is 33.9 Å². The fraction of sp³-hybridized carbons (Fsp3) is 0. The van der Waals surface area contributed by atoms with Crippen molar-refractivity contribution in [3.63, 3.8) is 0 Å². The van der Waals surface area contributed by atoms with Crippen LogP contribution in [0.4, 0.5) is 11.4 Å². The van der Waals surface area contributed by atoms with Crippen molar-refractivity contribution < 1.29 is 9.34 Å². The predicted molar refractivity (Wildman–Crippen MR) is 77.7 cm³/mol. The maximum Gasteiger partial charge on any atom is 0.282 e. The summed E-state index contributed by atoms with van der Waals surface area (Å²) in [4.78, 5) is 10.6. The Hall–Kier alpha value is -2.53. The van der Waals surface area contributed by atoms with Crippen molar-refractivity contribution in [2.75, 3.05) is 5.73 Å². The average molecular weight is 289 g/mol. The number of fused-ring (bicyclic) bond motifs is 1. The van der Waals surface area contributed by atoms with E-state index in [9.17, 15) is 10.1 Å². The van der Waals surface area contributed by atoms with Crippen LogP contribution in [0.5, 0.6) is 0 Å². The van der Waals surface area contributed by atoms with Crippen LogP contribution in [0.25, 0.3) is 22.3 Å². The van der Waals surface area contributed by atoms with Gasteiger partial charge in [-0.15, -0.1) is 0 Å². The summed E-state index contributed by atoms with van der Waals surface area (Å²) in [6.07, 6.45) is 0. The van der Waals surface area contributed by atoms with Crippen LogP contribution in [0.2, 0.25) is 5.02 Å². The summed E-state index contributed by atoms with van der Waals surface area (Å²) in [5.74, 6) is 0.472. The smallest absolute Gasteiger partial charge is 0.282 e. The Labute approximate surface area is 118 Å². The molecule has 3 rings (SSSR count). The van der Waals surface area contributed by atoms with Crippen molar-refractivity contribution in [1.29, 1.82) is 0 Å². The molecule has 0 atom stereocenters. The minimum atomic E-state index is -0.482. The third-order valence-electron chi connectivity index (χ3n) is 2.97. The first-order chi connectivity index (χ1) is 9.56. The monoisotopic (exact) mass is 288 g/mol. The quantitative estimate of drug-likeness (QED) is 0.434. The minimum absolute atomic E-state index is 0.0814. The van der Waals surface area contributed by atoms with Crippen molar-refractivity contribution in [1.82, 2.24) is 0 Å². The normalized spacial score (nSPS) is 10.8. The first kappa shape index (κ1) is 12.5. The third-order valence-corrected chi connectivity index (χ3v) is 3.30. The number of nitro groups is 1. The Morgan fingerprint density at radius 3 is 2.65 bits per heavy atom. The zero-order chi connectivity index (χ0) is 14.3. The van der Waals surface area contributed by atoms with Gasteiger partial charge in [-0.25, -0.2) is 0 Å². The summed E-state index contributed by atoms with van der Waals surface area (Å²) in [5.41, 5.74) is 6.90. The molecule has 0 bridgehead atoms. The molecule has 0 aliphatic rings. The van der Waals surface area contributed by atoms with Gasteiger partial charge in [-0.1, -0.05) is 23.7 Å². The Bertz CT molecular complexity index is 826. The van der Waals surface area contributed by atoms with Crippen molar-refractivity contribution in [3.05, 3.63) is 57.6 Å². The van der Waals surface area contributed by atoms with Gasteiger partial charge in [0.1, 0.15) is 11.3 Å². The van der Waals surface area contributed by atoms with Crippen molar-refractivity contribution in [2.24, 2.45) is 0 Å². The van der Waals surface area contributed by atoms with Crippen molar-refractivity contribution in [3.8, 4) is 11.3 Å². The van der Waals surface area contributed by atoms with E-state index in [1.54, 1.807) is 30.3 Å². The van der Waals surface area contributed by atoms with E-state index >= 15 is 0 Å². The summed E-state index contributed by atoms with van der Waals surface area (Å²) >= 11 is 6.10.